The van der Waals surface area contributed by atoms with Gasteiger partial charge in [0.2, 0.25) is 0 Å². The lowest BCUT2D eigenvalue weighted by Gasteiger charge is -2.20. The van der Waals surface area contributed by atoms with Crippen LogP contribution in [-0.2, 0) is 0 Å². The van der Waals surface area contributed by atoms with Gasteiger partial charge in [-0.05, 0) is 49.8 Å². The lowest BCUT2D eigenvalue weighted by Crippen LogP contribution is -2.04. The number of hydrogen-bond donors (Lipinski definition) is 0. The molecular weight excluding hydrogens is 206 g/mol. The van der Waals surface area contributed by atoms with Crippen LogP contribution < -0.4 is 0 Å². The molecule has 0 aliphatic heterocycles. The topological polar surface area (TPSA) is 12.9 Å². The first-order valence-corrected chi connectivity index (χ1v) is 6.36. The molecule has 86 valence electrons. The van der Waals surface area contributed by atoms with E-state index in [4.69, 9.17) is 4.98 Å². The number of rotatable bonds is 1. The first-order chi connectivity index (χ1) is 8.34. The summed E-state index contributed by atoms with van der Waals surface area (Å²) in [5.41, 5.74) is 3.75. The minimum Gasteiger partial charge on any atom is -0.253 e. The molecule has 3 rings (SSSR count). The molecule has 0 fully saturated rings. The van der Waals surface area contributed by atoms with Crippen LogP contribution >= 0.6 is 0 Å². The minimum atomic E-state index is 0.664. The Balaban J connectivity index is 2.09. The molecule has 1 heterocycles. The van der Waals surface area contributed by atoms with E-state index in [1.54, 1.807) is 0 Å². The average molecular weight is 223 g/mol. The highest BCUT2D eigenvalue weighted by Gasteiger charge is 2.15. The van der Waals surface area contributed by atoms with E-state index < -0.39 is 0 Å². The van der Waals surface area contributed by atoms with Crippen molar-refractivity contribution in [2.24, 2.45) is 0 Å². The number of allylic oxidation sites excluding steroid dienone is 2. The van der Waals surface area contributed by atoms with Crippen LogP contribution in [0.15, 0.2) is 42.5 Å². The highest BCUT2D eigenvalue weighted by atomic mass is 14.7. The summed E-state index contributed by atoms with van der Waals surface area (Å²) in [7, 11) is 0. The third kappa shape index (κ3) is 1.97. The predicted octanol–water partition coefficient (Wildman–Crippen LogP) is 4.37. The van der Waals surface area contributed by atoms with Gasteiger partial charge in [-0.1, -0.05) is 30.4 Å². The van der Waals surface area contributed by atoms with Crippen LogP contribution in [0.3, 0.4) is 0 Å². The quantitative estimate of drug-likeness (QED) is 0.654. The van der Waals surface area contributed by atoms with Gasteiger partial charge in [0, 0.05) is 11.1 Å². The van der Waals surface area contributed by atoms with E-state index in [1.807, 2.05) is 0 Å². The van der Waals surface area contributed by atoms with Gasteiger partial charge < -0.3 is 0 Å². The second-order valence-corrected chi connectivity index (χ2v) is 4.84. The number of nitrogens with zero attached hydrogens (tertiary/aromatic N) is 1. The van der Waals surface area contributed by atoms with Gasteiger partial charge in [-0.2, -0.15) is 0 Å². The van der Waals surface area contributed by atoms with Gasteiger partial charge in [0.1, 0.15) is 0 Å². The normalized spacial score (nSPS) is 19.7. The number of pyridine rings is 1. The maximum Gasteiger partial charge on any atom is 0.0705 e. The van der Waals surface area contributed by atoms with Gasteiger partial charge in [0.05, 0.1) is 5.52 Å². The summed E-state index contributed by atoms with van der Waals surface area (Å²) in [5.74, 6) is 0.664. The summed E-state index contributed by atoms with van der Waals surface area (Å²) in [5, 5.41) is 1.27. The molecule has 0 saturated heterocycles. The Morgan fingerprint density at radius 1 is 1.18 bits per heavy atom. The Bertz CT molecular complexity index is 569. The molecule has 0 spiro atoms. The van der Waals surface area contributed by atoms with Crippen LogP contribution in [0.1, 0.15) is 36.4 Å². The van der Waals surface area contributed by atoms with Crippen LogP contribution in [0.2, 0.25) is 0 Å². The second kappa shape index (κ2) is 4.33. The monoisotopic (exact) mass is 223 g/mol. The molecule has 1 aromatic carbocycles. The smallest absolute Gasteiger partial charge is 0.0705 e. The van der Waals surface area contributed by atoms with Crippen LogP contribution in [0, 0.1) is 6.92 Å². The maximum absolute atomic E-state index is 4.73. The summed E-state index contributed by atoms with van der Waals surface area (Å²) in [6.45, 7) is 2.14. The highest BCUT2D eigenvalue weighted by molar-refractivity contribution is 5.79. The number of aromatic nitrogens is 1. The number of aryl methyl sites for hydroxylation is 1. The van der Waals surface area contributed by atoms with Gasteiger partial charge in [-0.15, -0.1) is 0 Å². The lowest BCUT2D eigenvalue weighted by molar-refractivity contribution is 0.612. The summed E-state index contributed by atoms with van der Waals surface area (Å²) in [4.78, 5) is 4.73. The SMILES string of the molecule is Cc1nc2ccccc2cc1C1CC=CCC1. The van der Waals surface area contributed by atoms with E-state index in [-0.39, 0.29) is 0 Å². The number of fused-ring (bicyclic) bond motifs is 1. The molecule has 0 radical (unpaired) electrons. The van der Waals surface area contributed by atoms with Crippen molar-refractivity contribution in [3.8, 4) is 0 Å². The van der Waals surface area contributed by atoms with Crippen molar-refractivity contribution in [2.75, 3.05) is 0 Å². The molecule has 1 aliphatic rings. The van der Waals surface area contributed by atoms with E-state index >= 15 is 0 Å². The first kappa shape index (κ1) is 10.5. The number of benzene rings is 1. The summed E-state index contributed by atoms with van der Waals surface area (Å²) in [6, 6.07) is 10.7. The van der Waals surface area contributed by atoms with Crippen molar-refractivity contribution < 1.29 is 0 Å². The number of hydrogen-bond acceptors (Lipinski definition) is 1. The molecule has 2 aromatic rings. The van der Waals surface area contributed by atoms with Gasteiger partial charge in [-0.3, -0.25) is 4.98 Å². The Morgan fingerprint density at radius 2 is 2.06 bits per heavy atom. The highest BCUT2D eigenvalue weighted by Crippen LogP contribution is 2.32. The van der Waals surface area contributed by atoms with Crippen LogP contribution in [0.5, 0.6) is 0 Å². The predicted molar refractivity (Wildman–Crippen MR) is 72.2 cm³/mol. The number of para-hydroxylation sites is 1. The molecule has 1 nitrogen and oxygen atoms in total. The molecule has 0 saturated carbocycles. The molecule has 1 aromatic heterocycles. The lowest BCUT2D eigenvalue weighted by atomic mass is 9.86. The fourth-order valence-corrected chi connectivity index (χ4v) is 2.72. The molecule has 0 N–H and O–H groups in total. The second-order valence-electron chi connectivity index (χ2n) is 4.84. The summed E-state index contributed by atoms with van der Waals surface area (Å²) in [6.07, 6.45) is 8.23. The fraction of sp³-hybridized carbons (Fsp3) is 0.312. The van der Waals surface area contributed by atoms with E-state index in [0.29, 0.717) is 5.92 Å². The Morgan fingerprint density at radius 3 is 2.88 bits per heavy atom. The average Bonchev–Trinajstić information content (AvgIpc) is 2.39. The third-order valence-electron chi connectivity index (χ3n) is 3.66. The van der Waals surface area contributed by atoms with Gasteiger partial charge in [-0.25, -0.2) is 0 Å². The van der Waals surface area contributed by atoms with E-state index in [2.05, 4.69) is 49.4 Å². The van der Waals surface area contributed by atoms with E-state index in [0.717, 1.165) is 5.52 Å². The van der Waals surface area contributed by atoms with E-state index in [1.165, 1.54) is 35.9 Å². The molecule has 0 bridgehead atoms. The van der Waals surface area contributed by atoms with Crippen molar-refractivity contribution in [3.05, 3.63) is 53.7 Å². The third-order valence-corrected chi connectivity index (χ3v) is 3.66. The van der Waals surface area contributed by atoms with Crippen molar-refractivity contribution in [1.82, 2.24) is 4.98 Å². The molecule has 1 atom stereocenters. The van der Waals surface area contributed by atoms with Crippen LogP contribution in [0.25, 0.3) is 10.9 Å². The Hall–Kier alpha value is -1.63. The van der Waals surface area contributed by atoms with Crippen molar-refractivity contribution in [1.29, 1.82) is 0 Å². The van der Waals surface area contributed by atoms with Crippen molar-refractivity contribution in [2.45, 2.75) is 32.1 Å². The minimum absolute atomic E-state index is 0.664. The molecule has 1 aliphatic carbocycles. The maximum atomic E-state index is 4.73. The van der Waals surface area contributed by atoms with Crippen molar-refractivity contribution >= 4 is 10.9 Å². The van der Waals surface area contributed by atoms with E-state index in [9.17, 15) is 0 Å². The van der Waals surface area contributed by atoms with Gasteiger partial charge in [0.25, 0.3) is 0 Å². The molecule has 1 heteroatoms. The van der Waals surface area contributed by atoms with Gasteiger partial charge >= 0.3 is 0 Å². The zero-order valence-electron chi connectivity index (χ0n) is 10.2. The van der Waals surface area contributed by atoms with Crippen LogP contribution in [-0.4, -0.2) is 4.98 Å². The fourth-order valence-electron chi connectivity index (χ4n) is 2.72. The molecule has 1 unspecified atom stereocenters. The standard InChI is InChI=1S/C16H17N/c1-12-15(13-7-3-2-4-8-13)11-14-9-5-6-10-16(14)17-12/h2-3,5-6,9-11,13H,4,7-8H2,1H3. The van der Waals surface area contributed by atoms with Gasteiger partial charge in [0.15, 0.2) is 0 Å². The molecule has 0 amide bonds. The molecular formula is C16H17N. The molecule has 17 heavy (non-hydrogen) atoms. The Labute approximate surface area is 102 Å². The summed E-state index contributed by atoms with van der Waals surface area (Å²) < 4.78 is 0. The zero-order valence-corrected chi connectivity index (χ0v) is 10.2. The zero-order chi connectivity index (χ0) is 11.7. The van der Waals surface area contributed by atoms with Crippen molar-refractivity contribution in [3.63, 3.8) is 0 Å². The summed E-state index contributed by atoms with van der Waals surface area (Å²) >= 11 is 0. The largest absolute Gasteiger partial charge is 0.253 e. The Kier molecular flexibility index (Phi) is 2.68. The van der Waals surface area contributed by atoms with Crippen LogP contribution in [0.4, 0.5) is 0 Å². The first-order valence-electron chi connectivity index (χ1n) is 6.36.